The maximum absolute atomic E-state index is 12.5. The van der Waals surface area contributed by atoms with Crippen LogP contribution < -0.4 is 0 Å². The molecular weight excluding hydrogens is 290 g/mol. The first kappa shape index (κ1) is 13.7. The van der Waals surface area contributed by atoms with Gasteiger partial charge in [-0.05, 0) is 31.6 Å². The molecule has 116 valence electrons. The smallest absolute Gasteiger partial charge is 0.226 e. The van der Waals surface area contributed by atoms with Crippen LogP contribution in [-0.4, -0.2) is 41.2 Å². The predicted octanol–water partition coefficient (Wildman–Crippen LogP) is 1.48. The Balaban J connectivity index is 1.67. The van der Waals surface area contributed by atoms with Gasteiger partial charge in [-0.25, -0.2) is 12.7 Å². The number of sulfonamides is 1. The average molecular weight is 311 g/mol. The molecule has 2 aliphatic carbocycles. The summed E-state index contributed by atoms with van der Waals surface area (Å²) in [6.07, 6.45) is 5.51. The summed E-state index contributed by atoms with van der Waals surface area (Å²) in [5.41, 5.74) is -0.209. The normalized spacial score (nSPS) is 33.5. The van der Waals surface area contributed by atoms with Crippen molar-refractivity contribution >= 4 is 10.0 Å². The van der Waals surface area contributed by atoms with Crippen molar-refractivity contribution in [3.63, 3.8) is 0 Å². The lowest BCUT2D eigenvalue weighted by atomic mass is 9.80. The van der Waals surface area contributed by atoms with Crippen molar-refractivity contribution in [2.24, 2.45) is 5.92 Å². The number of aryl methyl sites for hydroxylation is 1. The maximum Gasteiger partial charge on any atom is 0.226 e. The Hall–Kier alpha value is -0.950. The number of nitrogens with zero attached hydrogens (tertiary/aromatic N) is 3. The van der Waals surface area contributed by atoms with Gasteiger partial charge in [0.1, 0.15) is 0 Å². The van der Waals surface area contributed by atoms with Crippen molar-refractivity contribution in [3.8, 4) is 0 Å². The zero-order chi connectivity index (χ0) is 14.7. The molecule has 0 aromatic carbocycles. The van der Waals surface area contributed by atoms with Crippen LogP contribution in [-0.2, 0) is 21.9 Å². The SMILES string of the molecule is CCc1nc([C@@]23CCC[C@@H]2CN(S(=O)(=O)C2CC2)C3)no1. The molecule has 2 heterocycles. The van der Waals surface area contributed by atoms with E-state index in [1.807, 2.05) is 6.92 Å². The first-order valence-electron chi connectivity index (χ1n) is 7.88. The molecule has 1 aromatic rings. The Bertz CT molecular complexity index is 652. The van der Waals surface area contributed by atoms with E-state index < -0.39 is 10.0 Å². The minimum Gasteiger partial charge on any atom is -0.339 e. The summed E-state index contributed by atoms with van der Waals surface area (Å²) in [7, 11) is -3.11. The molecule has 3 aliphatic rings. The predicted molar refractivity (Wildman–Crippen MR) is 76.2 cm³/mol. The summed E-state index contributed by atoms with van der Waals surface area (Å²) < 4.78 is 32.0. The van der Waals surface area contributed by atoms with Crippen LogP contribution >= 0.6 is 0 Å². The average Bonchev–Trinajstić information content (AvgIpc) is 2.93. The van der Waals surface area contributed by atoms with E-state index in [-0.39, 0.29) is 10.7 Å². The summed E-state index contributed by atoms with van der Waals surface area (Å²) in [4.78, 5) is 4.52. The zero-order valence-corrected chi connectivity index (χ0v) is 13.1. The Kier molecular flexibility index (Phi) is 2.95. The molecule has 0 N–H and O–H groups in total. The van der Waals surface area contributed by atoms with E-state index in [0.29, 0.717) is 24.9 Å². The zero-order valence-electron chi connectivity index (χ0n) is 12.3. The summed E-state index contributed by atoms with van der Waals surface area (Å²) in [5, 5.41) is 4.04. The van der Waals surface area contributed by atoms with Crippen molar-refractivity contribution in [2.75, 3.05) is 13.1 Å². The summed E-state index contributed by atoms with van der Waals surface area (Å²) in [5.74, 6) is 1.72. The molecule has 0 bridgehead atoms. The molecule has 2 atom stereocenters. The molecule has 2 saturated carbocycles. The lowest BCUT2D eigenvalue weighted by molar-refractivity contribution is 0.329. The highest BCUT2D eigenvalue weighted by atomic mass is 32.2. The third kappa shape index (κ3) is 1.97. The fraction of sp³-hybridized carbons (Fsp3) is 0.857. The second kappa shape index (κ2) is 4.52. The highest BCUT2D eigenvalue weighted by Crippen LogP contribution is 2.51. The first-order valence-corrected chi connectivity index (χ1v) is 9.38. The molecule has 0 spiro atoms. The molecule has 3 fully saturated rings. The van der Waals surface area contributed by atoms with Crippen LogP contribution in [0.25, 0.3) is 0 Å². The number of rotatable bonds is 4. The lowest BCUT2D eigenvalue weighted by Gasteiger charge is -2.24. The quantitative estimate of drug-likeness (QED) is 0.842. The van der Waals surface area contributed by atoms with Gasteiger partial charge in [-0.2, -0.15) is 4.98 Å². The molecule has 1 saturated heterocycles. The second-order valence-electron chi connectivity index (χ2n) is 6.65. The van der Waals surface area contributed by atoms with E-state index in [0.717, 1.165) is 44.3 Å². The van der Waals surface area contributed by atoms with Gasteiger partial charge in [0.2, 0.25) is 15.9 Å². The van der Waals surface area contributed by atoms with Gasteiger partial charge in [0, 0.05) is 19.5 Å². The first-order chi connectivity index (χ1) is 10.1. The highest BCUT2D eigenvalue weighted by Gasteiger charge is 2.57. The number of hydrogen-bond acceptors (Lipinski definition) is 5. The molecule has 1 aliphatic heterocycles. The molecule has 7 heteroatoms. The number of fused-ring (bicyclic) bond motifs is 1. The van der Waals surface area contributed by atoms with Crippen LogP contribution in [0, 0.1) is 5.92 Å². The monoisotopic (exact) mass is 311 g/mol. The fourth-order valence-electron chi connectivity index (χ4n) is 3.98. The van der Waals surface area contributed by atoms with E-state index in [4.69, 9.17) is 4.52 Å². The molecule has 4 rings (SSSR count). The largest absolute Gasteiger partial charge is 0.339 e. The standard InChI is InChI=1S/C14H21N3O3S/c1-2-12-15-13(16-20-12)14-7-3-4-10(14)8-17(9-14)21(18,19)11-5-6-11/h10-11H,2-9H2,1H3/t10-,14-/m1/s1. The van der Waals surface area contributed by atoms with Crippen molar-refractivity contribution in [2.45, 2.75) is 56.1 Å². The van der Waals surface area contributed by atoms with Crippen LogP contribution in [0.1, 0.15) is 50.7 Å². The van der Waals surface area contributed by atoms with E-state index in [1.54, 1.807) is 4.31 Å². The molecule has 21 heavy (non-hydrogen) atoms. The van der Waals surface area contributed by atoms with E-state index in [1.165, 1.54) is 0 Å². The minimum absolute atomic E-state index is 0.134. The second-order valence-corrected chi connectivity index (χ2v) is 8.86. The van der Waals surface area contributed by atoms with Gasteiger partial charge in [0.15, 0.2) is 5.82 Å². The lowest BCUT2D eigenvalue weighted by Crippen LogP contribution is -2.36. The third-order valence-corrected chi connectivity index (χ3v) is 7.67. The van der Waals surface area contributed by atoms with Crippen LogP contribution in [0.15, 0.2) is 4.52 Å². The van der Waals surface area contributed by atoms with E-state index in [2.05, 4.69) is 10.1 Å². The summed E-state index contributed by atoms with van der Waals surface area (Å²) >= 11 is 0. The summed E-state index contributed by atoms with van der Waals surface area (Å²) in [6.45, 7) is 3.16. The van der Waals surface area contributed by atoms with Crippen LogP contribution in [0.4, 0.5) is 0 Å². The van der Waals surface area contributed by atoms with Gasteiger partial charge in [0.05, 0.1) is 10.7 Å². The van der Waals surface area contributed by atoms with Crippen molar-refractivity contribution in [1.82, 2.24) is 14.4 Å². The Morgan fingerprint density at radius 2 is 2.19 bits per heavy atom. The summed E-state index contributed by atoms with van der Waals surface area (Å²) in [6, 6.07) is 0. The van der Waals surface area contributed by atoms with Gasteiger partial charge >= 0.3 is 0 Å². The van der Waals surface area contributed by atoms with Crippen molar-refractivity contribution in [1.29, 1.82) is 0 Å². The topological polar surface area (TPSA) is 76.3 Å². The number of hydrogen-bond donors (Lipinski definition) is 0. The third-order valence-electron chi connectivity index (χ3n) is 5.36. The molecule has 0 amide bonds. The Morgan fingerprint density at radius 1 is 1.38 bits per heavy atom. The Labute approximate surface area is 124 Å². The van der Waals surface area contributed by atoms with Gasteiger partial charge < -0.3 is 4.52 Å². The Morgan fingerprint density at radius 3 is 2.86 bits per heavy atom. The molecular formula is C14H21N3O3S. The van der Waals surface area contributed by atoms with Crippen LogP contribution in [0.5, 0.6) is 0 Å². The van der Waals surface area contributed by atoms with Gasteiger partial charge in [-0.1, -0.05) is 18.5 Å². The molecule has 6 nitrogen and oxygen atoms in total. The van der Waals surface area contributed by atoms with Gasteiger partial charge in [-0.3, -0.25) is 0 Å². The van der Waals surface area contributed by atoms with Gasteiger partial charge in [0.25, 0.3) is 0 Å². The molecule has 0 unspecified atom stereocenters. The molecule has 1 aromatic heterocycles. The number of aromatic nitrogens is 2. The van der Waals surface area contributed by atoms with Crippen molar-refractivity contribution in [3.05, 3.63) is 11.7 Å². The maximum atomic E-state index is 12.5. The fourth-order valence-corrected chi connectivity index (χ4v) is 5.93. The molecule has 0 radical (unpaired) electrons. The minimum atomic E-state index is -3.11. The van der Waals surface area contributed by atoms with E-state index >= 15 is 0 Å². The van der Waals surface area contributed by atoms with E-state index in [9.17, 15) is 8.42 Å². The van der Waals surface area contributed by atoms with Gasteiger partial charge in [-0.15, -0.1) is 0 Å². The van der Waals surface area contributed by atoms with Crippen LogP contribution in [0.3, 0.4) is 0 Å². The van der Waals surface area contributed by atoms with Crippen molar-refractivity contribution < 1.29 is 12.9 Å². The van der Waals surface area contributed by atoms with Crippen LogP contribution in [0.2, 0.25) is 0 Å². The highest BCUT2D eigenvalue weighted by molar-refractivity contribution is 7.90.